The van der Waals surface area contributed by atoms with E-state index in [9.17, 15) is 4.79 Å². The molecule has 0 saturated heterocycles. The van der Waals surface area contributed by atoms with Crippen molar-refractivity contribution in [3.8, 4) is 0 Å². The monoisotopic (exact) mass is 304 g/mol. The first-order valence-electron chi connectivity index (χ1n) is 7.18. The number of nitrogens with one attached hydrogen (secondary N) is 2. The lowest BCUT2D eigenvalue weighted by Gasteiger charge is -2.12. The van der Waals surface area contributed by atoms with Crippen LogP contribution in [0.15, 0.2) is 24.3 Å². The van der Waals surface area contributed by atoms with E-state index in [4.69, 9.17) is 11.6 Å². The van der Waals surface area contributed by atoms with Gasteiger partial charge in [-0.25, -0.2) is 9.97 Å². The van der Waals surface area contributed by atoms with Crippen LogP contribution in [0.25, 0.3) is 11.0 Å². The first-order chi connectivity index (χ1) is 10.2. The van der Waals surface area contributed by atoms with Gasteiger partial charge >= 0.3 is 0 Å². The fourth-order valence-corrected chi connectivity index (χ4v) is 2.78. The summed E-state index contributed by atoms with van der Waals surface area (Å²) in [4.78, 5) is 20.5. The Balaban J connectivity index is 1.66. The van der Waals surface area contributed by atoms with Crippen LogP contribution in [0.2, 0.25) is 5.15 Å². The van der Waals surface area contributed by atoms with Crippen LogP contribution in [0.3, 0.4) is 0 Å². The fourth-order valence-electron chi connectivity index (χ4n) is 2.60. The molecule has 6 heteroatoms. The van der Waals surface area contributed by atoms with Crippen LogP contribution in [0.1, 0.15) is 25.7 Å². The SMILES string of the molecule is O=C(CNC1CCCC1)Nc1nc2ccccc2nc1Cl. The number of hydrogen-bond acceptors (Lipinski definition) is 4. The van der Waals surface area contributed by atoms with Gasteiger partial charge in [0.25, 0.3) is 0 Å². The van der Waals surface area contributed by atoms with Gasteiger partial charge in [-0.1, -0.05) is 36.6 Å². The van der Waals surface area contributed by atoms with E-state index >= 15 is 0 Å². The Labute approximate surface area is 128 Å². The molecule has 1 fully saturated rings. The van der Waals surface area contributed by atoms with Crippen LogP contribution in [0, 0.1) is 0 Å². The number of benzene rings is 1. The van der Waals surface area contributed by atoms with Crippen LogP contribution in [0.5, 0.6) is 0 Å². The largest absolute Gasteiger partial charge is 0.307 e. The lowest BCUT2D eigenvalue weighted by Crippen LogP contribution is -2.34. The molecule has 1 heterocycles. The summed E-state index contributed by atoms with van der Waals surface area (Å²) in [5, 5.41) is 6.19. The molecule has 1 saturated carbocycles. The summed E-state index contributed by atoms with van der Waals surface area (Å²) in [6, 6.07) is 7.87. The first kappa shape index (κ1) is 14.2. The zero-order valence-electron chi connectivity index (χ0n) is 11.6. The lowest BCUT2D eigenvalue weighted by molar-refractivity contribution is -0.115. The summed E-state index contributed by atoms with van der Waals surface area (Å²) in [5.41, 5.74) is 1.42. The second kappa shape index (κ2) is 6.37. The van der Waals surface area contributed by atoms with E-state index in [1.165, 1.54) is 12.8 Å². The third-order valence-corrected chi connectivity index (χ3v) is 3.96. The van der Waals surface area contributed by atoms with Gasteiger partial charge in [-0.2, -0.15) is 0 Å². The van der Waals surface area contributed by atoms with Crippen molar-refractivity contribution in [1.29, 1.82) is 0 Å². The topological polar surface area (TPSA) is 66.9 Å². The number of rotatable bonds is 4. The van der Waals surface area contributed by atoms with Gasteiger partial charge in [0.05, 0.1) is 17.6 Å². The van der Waals surface area contributed by atoms with Crippen LogP contribution >= 0.6 is 11.6 Å². The highest BCUT2D eigenvalue weighted by Crippen LogP contribution is 2.21. The zero-order chi connectivity index (χ0) is 14.7. The molecule has 1 aromatic heterocycles. The smallest absolute Gasteiger partial charge is 0.239 e. The number of fused-ring (bicyclic) bond motifs is 1. The molecule has 0 atom stereocenters. The maximum Gasteiger partial charge on any atom is 0.239 e. The van der Waals surface area contributed by atoms with Crippen molar-refractivity contribution in [3.05, 3.63) is 29.4 Å². The molecule has 1 aromatic carbocycles. The molecule has 110 valence electrons. The van der Waals surface area contributed by atoms with Gasteiger partial charge in [0.1, 0.15) is 0 Å². The quantitative estimate of drug-likeness (QED) is 0.911. The second-order valence-electron chi connectivity index (χ2n) is 5.26. The Morgan fingerprint density at radius 2 is 1.86 bits per heavy atom. The molecule has 2 N–H and O–H groups in total. The predicted molar refractivity (Wildman–Crippen MR) is 83.4 cm³/mol. The van der Waals surface area contributed by atoms with Gasteiger partial charge in [-0.3, -0.25) is 4.79 Å². The van der Waals surface area contributed by atoms with E-state index in [-0.39, 0.29) is 17.6 Å². The number of amides is 1. The Morgan fingerprint density at radius 3 is 2.57 bits per heavy atom. The minimum Gasteiger partial charge on any atom is -0.307 e. The first-order valence-corrected chi connectivity index (χ1v) is 7.56. The molecule has 0 aliphatic heterocycles. The number of carbonyl (C=O) groups is 1. The second-order valence-corrected chi connectivity index (χ2v) is 5.62. The third kappa shape index (κ3) is 3.49. The summed E-state index contributed by atoms with van der Waals surface area (Å²) in [6.07, 6.45) is 4.76. The number of halogens is 1. The maximum absolute atomic E-state index is 12.0. The molecule has 1 aliphatic rings. The minimum atomic E-state index is -0.145. The molecular formula is C15H17ClN4O. The summed E-state index contributed by atoms with van der Waals surface area (Å²) in [6.45, 7) is 0.273. The van der Waals surface area contributed by atoms with E-state index in [1.54, 1.807) is 0 Å². The molecule has 0 bridgehead atoms. The van der Waals surface area contributed by atoms with Crippen molar-refractivity contribution in [2.45, 2.75) is 31.7 Å². The van der Waals surface area contributed by atoms with Crippen LogP contribution < -0.4 is 10.6 Å². The third-order valence-electron chi connectivity index (χ3n) is 3.69. The number of para-hydroxylation sites is 2. The number of carbonyl (C=O) groups excluding carboxylic acids is 1. The van der Waals surface area contributed by atoms with E-state index < -0.39 is 0 Å². The Morgan fingerprint density at radius 1 is 1.19 bits per heavy atom. The van der Waals surface area contributed by atoms with Crippen molar-refractivity contribution in [1.82, 2.24) is 15.3 Å². The molecule has 1 amide bonds. The summed E-state index contributed by atoms with van der Waals surface area (Å²) in [7, 11) is 0. The lowest BCUT2D eigenvalue weighted by atomic mass is 10.2. The average molecular weight is 305 g/mol. The van der Waals surface area contributed by atoms with E-state index in [2.05, 4.69) is 20.6 Å². The molecule has 5 nitrogen and oxygen atoms in total. The highest BCUT2D eigenvalue weighted by atomic mass is 35.5. The molecule has 3 rings (SSSR count). The summed E-state index contributed by atoms with van der Waals surface area (Å²) < 4.78 is 0. The van der Waals surface area contributed by atoms with Gasteiger partial charge in [-0.15, -0.1) is 0 Å². The highest BCUT2D eigenvalue weighted by molar-refractivity contribution is 6.32. The molecule has 21 heavy (non-hydrogen) atoms. The minimum absolute atomic E-state index is 0.145. The molecular weight excluding hydrogens is 288 g/mol. The molecule has 0 spiro atoms. The molecule has 1 aliphatic carbocycles. The van der Waals surface area contributed by atoms with Gasteiger partial charge in [0, 0.05) is 6.04 Å². The Hall–Kier alpha value is -1.72. The Kier molecular flexibility index (Phi) is 4.31. The number of aromatic nitrogens is 2. The zero-order valence-corrected chi connectivity index (χ0v) is 12.4. The maximum atomic E-state index is 12.0. The average Bonchev–Trinajstić information content (AvgIpc) is 2.99. The van der Waals surface area contributed by atoms with E-state index in [0.717, 1.165) is 12.8 Å². The number of hydrogen-bond donors (Lipinski definition) is 2. The van der Waals surface area contributed by atoms with Crippen LogP contribution in [-0.4, -0.2) is 28.5 Å². The van der Waals surface area contributed by atoms with Crippen LogP contribution in [-0.2, 0) is 4.79 Å². The van der Waals surface area contributed by atoms with Crippen LogP contribution in [0.4, 0.5) is 5.82 Å². The van der Waals surface area contributed by atoms with Gasteiger partial charge in [0.15, 0.2) is 11.0 Å². The summed E-state index contributed by atoms with van der Waals surface area (Å²) in [5.74, 6) is 0.168. The highest BCUT2D eigenvalue weighted by Gasteiger charge is 2.16. The van der Waals surface area contributed by atoms with Crippen molar-refractivity contribution in [2.24, 2.45) is 0 Å². The molecule has 0 radical (unpaired) electrons. The van der Waals surface area contributed by atoms with Crippen molar-refractivity contribution < 1.29 is 4.79 Å². The van der Waals surface area contributed by atoms with Gasteiger partial charge in [0.2, 0.25) is 5.91 Å². The van der Waals surface area contributed by atoms with Crippen molar-refractivity contribution in [3.63, 3.8) is 0 Å². The fraction of sp³-hybridized carbons (Fsp3) is 0.400. The normalized spacial score (nSPS) is 15.5. The van der Waals surface area contributed by atoms with Gasteiger partial charge < -0.3 is 10.6 Å². The summed E-state index contributed by atoms with van der Waals surface area (Å²) >= 11 is 6.07. The van der Waals surface area contributed by atoms with E-state index in [0.29, 0.717) is 22.9 Å². The van der Waals surface area contributed by atoms with E-state index in [1.807, 2.05) is 24.3 Å². The van der Waals surface area contributed by atoms with Crippen molar-refractivity contribution in [2.75, 3.05) is 11.9 Å². The number of nitrogens with zero attached hydrogens (tertiary/aromatic N) is 2. The predicted octanol–water partition coefficient (Wildman–Crippen LogP) is 2.75. The van der Waals surface area contributed by atoms with Gasteiger partial charge in [-0.05, 0) is 25.0 Å². The number of anilines is 1. The molecule has 2 aromatic rings. The molecule has 0 unspecified atom stereocenters. The van der Waals surface area contributed by atoms with Crippen molar-refractivity contribution >= 4 is 34.4 Å². The Bertz CT molecular complexity index is 655. The standard InChI is InChI=1S/C15H17ClN4O/c16-14-15(19-12-8-4-3-7-11(12)18-14)20-13(21)9-17-10-5-1-2-6-10/h3-4,7-8,10,17H,1-2,5-6,9H2,(H,19,20,21).